The third-order valence-corrected chi connectivity index (χ3v) is 9.09. The molecule has 4 aliphatic carbocycles. The van der Waals surface area contributed by atoms with Crippen LogP contribution in [0.5, 0.6) is 0 Å². The minimum Gasteiger partial charge on any atom is -0.390 e. The van der Waals surface area contributed by atoms with Crippen molar-refractivity contribution in [1.82, 2.24) is 0 Å². The zero-order valence-corrected chi connectivity index (χ0v) is 17.0. The van der Waals surface area contributed by atoms with E-state index < -0.39 is 0 Å². The number of hydrogen-bond donors (Lipinski definition) is 1. The van der Waals surface area contributed by atoms with Gasteiger partial charge in [-0.15, -0.1) is 0 Å². The van der Waals surface area contributed by atoms with Crippen LogP contribution >= 0.6 is 0 Å². The molecule has 0 aliphatic heterocycles. The summed E-state index contributed by atoms with van der Waals surface area (Å²) in [5, 5.41) is 10.7. The Bertz CT molecular complexity index is 488. The summed E-state index contributed by atoms with van der Waals surface area (Å²) in [6.07, 6.45) is 12.0. The average Bonchev–Trinajstić information content (AvgIpc) is 2.95. The van der Waals surface area contributed by atoms with E-state index in [9.17, 15) is 5.11 Å². The topological polar surface area (TPSA) is 29.5 Å². The van der Waals surface area contributed by atoms with Crippen LogP contribution in [-0.2, 0) is 4.74 Å². The monoisotopic (exact) mass is 348 g/mol. The quantitative estimate of drug-likeness (QED) is 0.737. The lowest BCUT2D eigenvalue weighted by molar-refractivity contribution is -0.171. The zero-order valence-electron chi connectivity index (χ0n) is 17.0. The maximum absolute atomic E-state index is 10.7. The van der Waals surface area contributed by atoms with Crippen molar-refractivity contribution in [3.05, 3.63) is 0 Å². The Balaban J connectivity index is 1.54. The summed E-state index contributed by atoms with van der Waals surface area (Å²) < 4.78 is 6.21. The van der Waals surface area contributed by atoms with Crippen molar-refractivity contribution in [2.45, 2.75) is 97.7 Å². The lowest BCUT2D eigenvalue weighted by Crippen LogP contribution is -2.56. The molecule has 4 aliphatic rings. The maximum Gasteiger partial charge on any atom is 0.0839 e. The van der Waals surface area contributed by atoms with Crippen molar-refractivity contribution in [2.24, 2.45) is 40.4 Å². The van der Waals surface area contributed by atoms with Gasteiger partial charge >= 0.3 is 0 Å². The highest BCUT2D eigenvalue weighted by Gasteiger charge is 2.59. The lowest BCUT2D eigenvalue weighted by atomic mass is 9.45. The van der Waals surface area contributed by atoms with Gasteiger partial charge in [-0.2, -0.15) is 0 Å². The number of ether oxygens (including phenoxy) is 1. The molecule has 4 rings (SSSR count). The number of hydrogen-bond acceptors (Lipinski definition) is 2. The Kier molecular flexibility index (Phi) is 4.77. The second-order valence-electron chi connectivity index (χ2n) is 11.0. The average molecular weight is 349 g/mol. The van der Waals surface area contributed by atoms with E-state index >= 15 is 0 Å². The molecule has 0 saturated heterocycles. The molecule has 0 aromatic carbocycles. The summed E-state index contributed by atoms with van der Waals surface area (Å²) >= 11 is 0. The first-order valence-electron chi connectivity index (χ1n) is 11.1. The molecule has 0 aromatic rings. The van der Waals surface area contributed by atoms with Crippen LogP contribution in [0.15, 0.2) is 0 Å². The molecule has 4 fully saturated rings. The number of rotatable bonds is 3. The molecular formula is C23H40O2. The molecule has 0 heterocycles. The molecule has 8 atom stereocenters. The van der Waals surface area contributed by atoms with E-state index in [2.05, 4.69) is 27.7 Å². The van der Waals surface area contributed by atoms with Crippen molar-refractivity contribution in [1.29, 1.82) is 0 Å². The van der Waals surface area contributed by atoms with Crippen LogP contribution in [-0.4, -0.2) is 23.9 Å². The normalized spacial score (nSPS) is 52.6. The first-order valence-corrected chi connectivity index (χ1v) is 11.1. The van der Waals surface area contributed by atoms with E-state index in [0.717, 1.165) is 37.2 Å². The molecular weight excluding hydrogens is 308 g/mol. The first kappa shape index (κ1) is 18.3. The predicted molar refractivity (Wildman–Crippen MR) is 102 cm³/mol. The maximum atomic E-state index is 10.7. The smallest absolute Gasteiger partial charge is 0.0839 e. The van der Waals surface area contributed by atoms with Gasteiger partial charge in [-0.3, -0.25) is 0 Å². The Labute approximate surface area is 155 Å². The largest absolute Gasteiger partial charge is 0.390 e. The van der Waals surface area contributed by atoms with Gasteiger partial charge in [0.1, 0.15) is 0 Å². The fourth-order valence-corrected chi connectivity index (χ4v) is 7.73. The van der Waals surface area contributed by atoms with Crippen LogP contribution < -0.4 is 0 Å². The van der Waals surface area contributed by atoms with Gasteiger partial charge in [-0.25, -0.2) is 0 Å². The Morgan fingerprint density at radius 2 is 1.84 bits per heavy atom. The van der Waals surface area contributed by atoms with Gasteiger partial charge in [0.2, 0.25) is 0 Å². The number of aliphatic hydroxyl groups is 1. The van der Waals surface area contributed by atoms with E-state index in [1.165, 1.54) is 44.9 Å². The van der Waals surface area contributed by atoms with Crippen molar-refractivity contribution in [2.75, 3.05) is 6.61 Å². The van der Waals surface area contributed by atoms with Crippen LogP contribution in [0.4, 0.5) is 0 Å². The molecule has 0 bridgehead atoms. The van der Waals surface area contributed by atoms with Crippen molar-refractivity contribution < 1.29 is 9.84 Å². The highest BCUT2D eigenvalue weighted by Crippen LogP contribution is 2.66. The summed E-state index contributed by atoms with van der Waals surface area (Å²) in [6, 6.07) is 0. The van der Waals surface area contributed by atoms with Gasteiger partial charge < -0.3 is 9.84 Å². The van der Waals surface area contributed by atoms with E-state index in [-0.39, 0.29) is 12.2 Å². The Morgan fingerprint density at radius 3 is 2.60 bits per heavy atom. The van der Waals surface area contributed by atoms with Crippen LogP contribution in [0.1, 0.15) is 85.5 Å². The molecule has 0 radical (unpaired) electrons. The van der Waals surface area contributed by atoms with Crippen molar-refractivity contribution >= 4 is 0 Å². The van der Waals surface area contributed by atoms with Crippen LogP contribution in [0, 0.1) is 40.4 Å². The zero-order chi connectivity index (χ0) is 17.8. The molecule has 0 unspecified atom stereocenters. The minimum atomic E-state index is -0.242. The van der Waals surface area contributed by atoms with Gasteiger partial charge in [0.25, 0.3) is 0 Å². The lowest BCUT2D eigenvalue weighted by Gasteiger charge is -2.61. The molecule has 1 N–H and O–H groups in total. The SMILES string of the molecule is CC(C)CO[C@H]1C[C@@]2(C)[C@@H](CC[C@H]3[C@@H]4CCC[C@@]4(C)CC[C@@H]32)C[C@@H]1O. The highest BCUT2D eigenvalue weighted by molar-refractivity contribution is 5.08. The third kappa shape index (κ3) is 3.00. The summed E-state index contributed by atoms with van der Waals surface area (Å²) in [5.74, 6) is 4.06. The molecule has 2 nitrogen and oxygen atoms in total. The Hall–Kier alpha value is -0.0800. The molecule has 2 heteroatoms. The molecule has 4 saturated carbocycles. The second-order valence-corrected chi connectivity index (χ2v) is 11.0. The third-order valence-electron chi connectivity index (χ3n) is 9.09. The van der Waals surface area contributed by atoms with E-state index in [1.807, 2.05) is 0 Å². The highest BCUT2D eigenvalue weighted by atomic mass is 16.5. The summed E-state index contributed by atoms with van der Waals surface area (Å²) in [7, 11) is 0. The van der Waals surface area contributed by atoms with E-state index in [0.29, 0.717) is 22.7 Å². The van der Waals surface area contributed by atoms with E-state index in [4.69, 9.17) is 4.74 Å². The van der Waals surface area contributed by atoms with Gasteiger partial charge in [0, 0.05) is 6.61 Å². The number of aliphatic hydroxyl groups excluding tert-OH is 1. The first-order chi connectivity index (χ1) is 11.8. The molecule has 0 aromatic heterocycles. The summed E-state index contributed by atoms with van der Waals surface area (Å²) in [5.41, 5.74) is 1.04. The molecule has 0 spiro atoms. The molecule has 0 amide bonds. The van der Waals surface area contributed by atoms with Crippen LogP contribution in [0.3, 0.4) is 0 Å². The van der Waals surface area contributed by atoms with Crippen LogP contribution in [0.25, 0.3) is 0 Å². The summed E-state index contributed by atoms with van der Waals surface area (Å²) in [6.45, 7) is 10.4. The summed E-state index contributed by atoms with van der Waals surface area (Å²) in [4.78, 5) is 0. The Morgan fingerprint density at radius 1 is 1.04 bits per heavy atom. The van der Waals surface area contributed by atoms with Gasteiger partial charge in [0.15, 0.2) is 0 Å². The van der Waals surface area contributed by atoms with Gasteiger partial charge in [-0.05, 0) is 91.8 Å². The second kappa shape index (κ2) is 6.51. The fraction of sp³-hybridized carbons (Fsp3) is 1.00. The number of fused-ring (bicyclic) bond motifs is 5. The van der Waals surface area contributed by atoms with Crippen LogP contribution in [0.2, 0.25) is 0 Å². The van der Waals surface area contributed by atoms with Crippen molar-refractivity contribution in [3.63, 3.8) is 0 Å². The van der Waals surface area contributed by atoms with E-state index in [1.54, 1.807) is 0 Å². The molecule has 144 valence electrons. The standard InChI is InChI=1S/C23H40O2/c1-15(2)14-25-21-13-23(4)16(12-20(21)24)7-8-17-18-6-5-10-22(18,3)11-9-19(17)23/h15-21,24H,5-14H2,1-4H3/t16-,17-,18-,19-,20-,21-,22-,23-/m0/s1. The molecule has 25 heavy (non-hydrogen) atoms. The predicted octanol–water partition coefficient (Wildman–Crippen LogP) is 5.43. The minimum absolute atomic E-state index is 0.0688. The van der Waals surface area contributed by atoms with Gasteiger partial charge in [-0.1, -0.05) is 34.1 Å². The van der Waals surface area contributed by atoms with Gasteiger partial charge in [0.05, 0.1) is 12.2 Å². The van der Waals surface area contributed by atoms with Crippen molar-refractivity contribution in [3.8, 4) is 0 Å². The fourth-order valence-electron chi connectivity index (χ4n) is 7.73.